The van der Waals surface area contributed by atoms with Gasteiger partial charge in [-0.3, -0.25) is 14.9 Å². The third-order valence-electron chi connectivity index (χ3n) is 7.39. The second kappa shape index (κ2) is 11.2. The molecule has 0 radical (unpaired) electrons. The van der Waals surface area contributed by atoms with Crippen LogP contribution in [0.2, 0.25) is 0 Å². The zero-order valence-electron chi connectivity index (χ0n) is 23.8. The number of nitrogens with one attached hydrogen (secondary N) is 4. The first kappa shape index (κ1) is 26.0. The molecule has 3 aromatic carbocycles. The van der Waals surface area contributed by atoms with Crippen LogP contribution in [0.5, 0.6) is 5.75 Å². The zero-order chi connectivity index (χ0) is 28.5. The summed E-state index contributed by atoms with van der Waals surface area (Å²) in [5.74, 6) is 4.19. The van der Waals surface area contributed by atoms with Crippen molar-refractivity contribution in [2.45, 2.75) is 6.42 Å². The molecule has 5 aromatic rings. The number of ether oxygens (including phenoxy) is 1. The predicted octanol–water partition coefficient (Wildman–Crippen LogP) is 4.15. The predicted molar refractivity (Wildman–Crippen MR) is 168 cm³/mol. The van der Waals surface area contributed by atoms with Crippen LogP contribution in [0.3, 0.4) is 0 Å². The lowest BCUT2D eigenvalue weighted by atomic mass is 10.1. The standard InChI is InChI=1S/C31H34N10O/c1-40(2)15-3-17-42-23-9-11-25-27(19-23)39-29(37-25)21-6-4-20(5-7-21)28-36-24-10-8-22(18-26(24)38-28)35-31-34-14-16-41(31)30-32-12-13-33-30/h4-11,18-19H,3,12-17H2,1-2H3,(H,32,33)(H,34,35)(H,36,38)(H,37,39). The zero-order valence-corrected chi connectivity index (χ0v) is 23.8. The minimum Gasteiger partial charge on any atom is -0.493 e. The molecule has 0 fully saturated rings. The van der Waals surface area contributed by atoms with Gasteiger partial charge in [-0.25, -0.2) is 9.97 Å². The van der Waals surface area contributed by atoms with Gasteiger partial charge in [0.1, 0.15) is 17.4 Å². The van der Waals surface area contributed by atoms with E-state index in [0.29, 0.717) is 6.61 Å². The Kier molecular flexibility index (Phi) is 6.92. The summed E-state index contributed by atoms with van der Waals surface area (Å²) in [7, 11) is 4.14. The topological polar surface area (TPSA) is 122 Å². The van der Waals surface area contributed by atoms with E-state index in [1.807, 2.05) is 30.3 Å². The van der Waals surface area contributed by atoms with Crippen molar-refractivity contribution in [3.05, 3.63) is 60.7 Å². The van der Waals surface area contributed by atoms with Crippen molar-refractivity contribution in [3.63, 3.8) is 0 Å². The molecule has 11 heteroatoms. The Morgan fingerprint density at radius 3 is 2.26 bits per heavy atom. The number of anilines is 1. The number of guanidine groups is 2. The van der Waals surface area contributed by atoms with Gasteiger partial charge in [-0.2, -0.15) is 0 Å². The van der Waals surface area contributed by atoms with E-state index in [2.05, 4.69) is 84.8 Å². The Labute approximate surface area is 243 Å². The molecule has 214 valence electrons. The van der Waals surface area contributed by atoms with E-state index >= 15 is 0 Å². The molecule has 0 atom stereocenters. The maximum Gasteiger partial charge on any atom is 0.205 e. The molecule has 0 saturated carbocycles. The van der Waals surface area contributed by atoms with Crippen molar-refractivity contribution in [3.8, 4) is 28.5 Å². The average molecular weight is 563 g/mol. The number of benzene rings is 3. The molecule has 2 aromatic heterocycles. The summed E-state index contributed by atoms with van der Waals surface area (Å²) < 4.78 is 5.93. The molecule has 0 saturated heterocycles. The Balaban J connectivity index is 1.04. The van der Waals surface area contributed by atoms with Gasteiger partial charge < -0.3 is 30.2 Å². The number of hydrogen-bond acceptors (Lipinski definition) is 9. The summed E-state index contributed by atoms with van der Waals surface area (Å²) >= 11 is 0. The van der Waals surface area contributed by atoms with Gasteiger partial charge >= 0.3 is 0 Å². The highest BCUT2D eigenvalue weighted by molar-refractivity contribution is 6.07. The lowest BCUT2D eigenvalue weighted by Gasteiger charge is -2.20. The summed E-state index contributed by atoms with van der Waals surface area (Å²) in [5, 5.41) is 6.78. The van der Waals surface area contributed by atoms with Crippen molar-refractivity contribution in [2.24, 2.45) is 9.98 Å². The summed E-state index contributed by atoms with van der Waals surface area (Å²) in [6.45, 7) is 4.93. The maximum atomic E-state index is 5.93. The number of imidazole rings is 2. The van der Waals surface area contributed by atoms with Crippen molar-refractivity contribution in [1.29, 1.82) is 0 Å². The van der Waals surface area contributed by atoms with Gasteiger partial charge in [-0.15, -0.1) is 0 Å². The normalized spacial score (nSPS) is 15.0. The highest BCUT2D eigenvalue weighted by atomic mass is 16.5. The summed E-state index contributed by atoms with van der Waals surface area (Å²) in [5.41, 5.74) is 6.70. The first-order valence-electron chi connectivity index (χ1n) is 14.3. The fourth-order valence-electron chi connectivity index (χ4n) is 5.25. The van der Waals surface area contributed by atoms with E-state index in [1.54, 1.807) is 0 Å². The van der Waals surface area contributed by atoms with Crippen LogP contribution in [0.4, 0.5) is 5.69 Å². The molecule has 0 amide bonds. The summed E-state index contributed by atoms with van der Waals surface area (Å²) in [4.78, 5) is 30.0. The number of hydrogen-bond donors (Lipinski definition) is 4. The van der Waals surface area contributed by atoms with Gasteiger partial charge in [0.05, 0.1) is 41.8 Å². The van der Waals surface area contributed by atoms with Crippen LogP contribution in [-0.2, 0) is 0 Å². The Hall–Kier alpha value is -4.90. The third-order valence-corrected chi connectivity index (χ3v) is 7.39. The minimum atomic E-state index is 0.688. The minimum absolute atomic E-state index is 0.688. The van der Waals surface area contributed by atoms with Crippen LogP contribution in [-0.4, -0.2) is 95.1 Å². The van der Waals surface area contributed by atoms with Crippen LogP contribution < -0.4 is 15.4 Å². The van der Waals surface area contributed by atoms with E-state index in [4.69, 9.17) is 14.7 Å². The Bertz CT molecular complexity index is 1780. The fourth-order valence-corrected chi connectivity index (χ4v) is 5.25. The Morgan fingerprint density at radius 1 is 0.857 bits per heavy atom. The quantitative estimate of drug-likeness (QED) is 0.210. The molecule has 2 aliphatic heterocycles. The van der Waals surface area contributed by atoms with E-state index in [1.165, 1.54) is 0 Å². The van der Waals surface area contributed by atoms with Gasteiger partial charge in [0.15, 0.2) is 0 Å². The largest absolute Gasteiger partial charge is 0.493 e. The molecular formula is C31H34N10O. The SMILES string of the molecule is CN(C)CCCOc1ccc2nc(-c3ccc(-c4nc5ccc(NC6=NCCN6C6=NCCN6)cc5[nH]4)cc3)[nH]c2c1. The lowest BCUT2D eigenvalue weighted by Crippen LogP contribution is -2.43. The second-order valence-corrected chi connectivity index (χ2v) is 10.8. The molecule has 4 heterocycles. The number of H-pyrrole nitrogens is 2. The van der Waals surface area contributed by atoms with Gasteiger partial charge in [-0.1, -0.05) is 24.3 Å². The first-order valence-corrected chi connectivity index (χ1v) is 14.3. The number of aromatic amines is 2. The molecular weight excluding hydrogens is 528 g/mol. The van der Waals surface area contributed by atoms with Crippen LogP contribution >= 0.6 is 0 Å². The average Bonchev–Trinajstić information content (AvgIpc) is 3.81. The second-order valence-electron chi connectivity index (χ2n) is 10.8. The molecule has 0 spiro atoms. The number of aromatic nitrogens is 4. The lowest BCUT2D eigenvalue weighted by molar-refractivity contribution is 0.282. The van der Waals surface area contributed by atoms with Gasteiger partial charge in [-0.05, 0) is 50.8 Å². The van der Waals surface area contributed by atoms with Crippen molar-refractivity contribution in [1.82, 2.24) is 35.1 Å². The van der Waals surface area contributed by atoms with Crippen molar-refractivity contribution >= 4 is 39.7 Å². The van der Waals surface area contributed by atoms with Gasteiger partial charge in [0.2, 0.25) is 11.9 Å². The number of aliphatic imine (C=N–C) groups is 2. The smallest absolute Gasteiger partial charge is 0.205 e. The van der Waals surface area contributed by atoms with Crippen molar-refractivity contribution < 1.29 is 4.74 Å². The monoisotopic (exact) mass is 562 g/mol. The van der Waals surface area contributed by atoms with Crippen LogP contribution in [0.1, 0.15) is 6.42 Å². The molecule has 2 aliphatic rings. The van der Waals surface area contributed by atoms with Gasteiger partial charge in [0.25, 0.3) is 0 Å². The van der Waals surface area contributed by atoms with Crippen LogP contribution in [0.15, 0.2) is 70.6 Å². The summed E-state index contributed by atoms with van der Waals surface area (Å²) in [6, 6.07) is 20.4. The molecule has 0 unspecified atom stereocenters. The summed E-state index contributed by atoms with van der Waals surface area (Å²) in [6.07, 6.45) is 0.984. The van der Waals surface area contributed by atoms with Crippen LogP contribution in [0.25, 0.3) is 44.8 Å². The molecule has 0 bridgehead atoms. The van der Waals surface area contributed by atoms with E-state index in [-0.39, 0.29) is 0 Å². The molecule has 4 N–H and O–H groups in total. The van der Waals surface area contributed by atoms with E-state index in [9.17, 15) is 0 Å². The fraction of sp³-hybridized carbons (Fsp3) is 0.290. The molecule has 7 rings (SSSR count). The number of fused-ring (bicyclic) bond motifs is 2. The molecule has 0 aliphatic carbocycles. The first-order chi connectivity index (χ1) is 20.6. The van der Waals surface area contributed by atoms with E-state index < -0.39 is 0 Å². The highest BCUT2D eigenvalue weighted by Gasteiger charge is 2.24. The molecule has 42 heavy (non-hydrogen) atoms. The number of nitrogens with zero attached hydrogens (tertiary/aromatic N) is 6. The van der Waals surface area contributed by atoms with Crippen LogP contribution in [0, 0.1) is 0 Å². The van der Waals surface area contributed by atoms with E-state index in [0.717, 1.165) is 107 Å². The third kappa shape index (κ3) is 5.38. The Morgan fingerprint density at radius 2 is 1.57 bits per heavy atom. The molecule has 11 nitrogen and oxygen atoms in total. The highest BCUT2D eigenvalue weighted by Crippen LogP contribution is 2.28. The maximum absolute atomic E-state index is 5.93. The van der Waals surface area contributed by atoms with Crippen molar-refractivity contribution in [2.75, 3.05) is 58.7 Å². The number of rotatable bonds is 8. The van der Waals surface area contributed by atoms with Gasteiger partial charge in [0, 0.05) is 42.5 Å².